The number of aromatic nitrogens is 3. The number of carbonyl (C=O) groups is 1. The predicted molar refractivity (Wildman–Crippen MR) is 100 cm³/mol. The molecule has 0 aliphatic carbocycles. The van der Waals surface area contributed by atoms with Gasteiger partial charge in [0.15, 0.2) is 5.82 Å². The summed E-state index contributed by atoms with van der Waals surface area (Å²) in [5.74, 6) is 1.34. The summed E-state index contributed by atoms with van der Waals surface area (Å²) in [6.45, 7) is 1.42. The van der Waals surface area contributed by atoms with Crippen molar-refractivity contribution in [2.45, 2.75) is 25.2 Å². The van der Waals surface area contributed by atoms with Crippen LogP contribution in [0.1, 0.15) is 30.1 Å². The van der Waals surface area contributed by atoms with E-state index < -0.39 is 0 Å². The highest BCUT2D eigenvalue weighted by Gasteiger charge is 2.27. The molecule has 6 heteroatoms. The number of hydrogen-bond donors (Lipinski definition) is 1. The summed E-state index contributed by atoms with van der Waals surface area (Å²) in [6, 6.07) is 15.9. The lowest BCUT2D eigenvalue weighted by Crippen LogP contribution is -2.40. The average molecular weight is 364 g/mol. The van der Waals surface area contributed by atoms with Crippen LogP contribution in [0.25, 0.3) is 11.4 Å². The highest BCUT2D eigenvalue weighted by molar-refractivity contribution is 5.79. The Morgan fingerprint density at radius 1 is 1.15 bits per heavy atom. The van der Waals surface area contributed by atoms with Crippen LogP contribution in [-0.4, -0.2) is 39.1 Å². The number of halogens is 1. The predicted octanol–water partition coefficient (Wildman–Crippen LogP) is 3.56. The maximum Gasteiger partial charge on any atom is 0.227 e. The Balaban J connectivity index is 1.44. The minimum atomic E-state index is -0.283. The molecule has 1 atom stereocenters. The minimum Gasteiger partial charge on any atom is -0.342 e. The third-order valence-corrected chi connectivity index (χ3v) is 4.96. The standard InChI is InChI=1S/C21H21FN4O/c22-18-10-8-16(9-11-18)20-23-21(25-24-20)17-7-4-12-26(14-17)19(27)13-15-5-2-1-3-6-15/h1-3,5-6,8-11,17H,4,7,12-14H2,(H,23,24,25). The minimum absolute atomic E-state index is 0.139. The van der Waals surface area contributed by atoms with Gasteiger partial charge in [0.2, 0.25) is 5.91 Å². The van der Waals surface area contributed by atoms with Crippen molar-refractivity contribution in [3.8, 4) is 11.4 Å². The van der Waals surface area contributed by atoms with Crippen LogP contribution < -0.4 is 0 Å². The molecule has 1 aliphatic rings. The van der Waals surface area contributed by atoms with E-state index in [0.717, 1.165) is 36.3 Å². The van der Waals surface area contributed by atoms with Gasteiger partial charge in [-0.1, -0.05) is 30.3 Å². The van der Waals surface area contributed by atoms with Crippen molar-refractivity contribution in [2.75, 3.05) is 13.1 Å². The topological polar surface area (TPSA) is 61.9 Å². The molecule has 1 aromatic heterocycles. The molecule has 1 N–H and O–H groups in total. The molecule has 3 aromatic rings. The summed E-state index contributed by atoms with van der Waals surface area (Å²) in [7, 11) is 0. The molecule has 1 aliphatic heterocycles. The average Bonchev–Trinajstić information content (AvgIpc) is 3.20. The lowest BCUT2D eigenvalue weighted by molar-refractivity contribution is -0.131. The molecule has 2 aromatic carbocycles. The van der Waals surface area contributed by atoms with E-state index in [9.17, 15) is 9.18 Å². The quantitative estimate of drug-likeness (QED) is 0.770. The van der Waals surface area contributed by atoms with Crippen molar-refractivity contribution in [1.82, 2.24) is 20.1 Å². The third kappa shape index (κ3) is 4.05. The Morgan fingerprint density at radius 3 is 2.70 bits per heavy atom. The number of carbonyl (C=O) groups excluding carboxylic acids is 1. The number of piperidine rings is 1. The van der Waals surface area contributed by atoms with Gasteiger partial charge in [-0.3, -0.25) is 9.89 Å². The summed E-state index contributed by atoms with van der Waals surface area (Å²) in [4.78, 5) is 19.1. The van der Waals surface area contributed by atoms with E-state index in [-0.39, 0.29) is 17.6 Å². The fourth-order valence-electron chi connectivity index (χ4n) is 3.49. The number of nitrogens with one attached hydrogen (secondary N) is 1. The van der Waals surface area contributed by atoms with Crippen LogP contribution in [0.5, 0.6) is 0 Å². The number of amides is 1. The zero-order valence-electron chi connectivity index (χ0n) is 14.9. The van der Waals surface area contributed by atoms with Crippen molar-refractivity contribution in [2.24, 2.45) is 0 Å². The summed E-state index contributed by atoms with van der Waals surface area (Å²) in [5, 5.41) is 7.27. The van der Waals surface area contributed by atoms with E-state index >= 15 is 0 Å². The molecular weight excluding hydrogens is 343 g/mol. The van der Waals surface area contributed by atoms with E-state index in [1.807, 2.05) is 35.2 Å². The third-order valence-electron chi connectivity index (χ3n) is 4.96. The van der Waals surface area contributed by atoms with Crippen molar-refractivity contribution in [3.05, 3.63) is 71.8 Å². The van der Waals surface area contributed by atoms with Gasteiger partial charge in [-0.25, -0.2) is 9.37 Å². The van der Waals surface area contributed by atoms with E-state index in [1.54, 1.807) is 12.1 Å². The molecular formula is C21H21FN4O. The van der Waals surface area contributed by atoms with Crippen molar-refractivity contribution in [1.29, 1.82) is 0 Å². The largest absolute Gasteiger partial charge is 0.342 e. The van der Waals surface area contributed by atoms with Gasteiger partial charge in [-0.05, 0) is 42.7 Å². The van der Waals surface area contributed by atoms with Gasteiger partial charge in [-0.2, -0.15) is 5.10 Å². The van der Waals surface area contributed by atoms with Crippen LogP contribution in [0.4, 0.5) is 4.39 Å². The molecule has 138 valence electrons. The first-order chi connectivity index (χ1) is 13.2. The van der Waals surface area contributed by atoms with Crippen LogP contribution in [0.2, 0.25) is 0 Å². The second-order valence-corrected chi connectivity index (χ2v) is 6.89. The molecule has 1 unspecified atom stereocenters. The molecule has 4 rings (SSSR count). The lowest BCUT2D eigenvalue weighted by atomic mass is 9.96. The number of rotatable bonds is 4. The molecule has 0 bridgehead atoms. The second-order valence-electron chi connectivity index (χ2n) is 6.89. The maximum absolute atomic E-state index is 13.1. The number of hydrogen-bond acceptors (Lipinski definition) is 3. The van der Waals surface area contributed by atoms with Crippen LogP contribution in [0, 0.1) is 5.82 Å². The zero-order valence-corrected chi connectivity index (χ0v) is 14.9. The molecule has 1 saturated heterocycles. The zero-order chi connectivity index (χ0) is 18.6. The van der Waals surface area contributed by atoms with Crippen molar-refractivity contribution >= 4 is 5.91 Å². The van der Waals surface area contributed by atoms with E-state index in [1.165, 1.54) is 12.1 Å². The Kier molecular flexibility index (Phi) is 4.96. The van der Waals surface area contributed by atoms with Gasteiger partial charge < -0.3 is 4.90 Å². The Hall–Kier alpha value is -3.02. The lowest BCUT2D eigenvalue weighted by Gasteiger charge is -2.31. The fourth-order valence-corrected chi connectivity index (χ4v) is 3.49. The first-order valence-corrected chi connectivity index (χ1v) is 9.19. The van der Waals surface area contributed by atoms with Crippen LogP contribution in [0.15, 0.2) is 54.6 Å². The summed E-state index contributed by atoms with van der Waals surface area (Å²) >= 11 is 0. The first-order valence-electron chi connectivity index (χ1n) is 9.19. The Labute approximate surface area is 157 Å². The van der Waals surface area contributed by atoms with E-state index in [2.05, 4.69) is 15.2 Å². The van der Waals surface area contributed by atoms with Crippen LogP contribution in [-0.2, 0) is 11.2 Å². The summed E-state index contributed by atoms with van der Waals surface area (Å²) in [5.41, 5.74) is 1.80. The monoisotopic (exact) mass is 364 g/mol. The molecule has 1 fully saturated rings. The molecule has 5 nitrogen and oxygen atoms in total. The van der Waals surface area contributed by atoms with Crippen LogP contribution in [0.3, 0.4) is 0 Å². The highest BCUT2D eigenvalue weighted by atomic mass is 19.1. The van der Waals surface area contributed by atoms with Gasteiger partial charge in [0.25, 0.3) is 0 Å². The summed E-state index contributed by atoms with van der Waals surface area (Å²) < 4.78 is 13.1. The molecule has 0 saturated carbocycles. The fraction of sp³-hybridized carbons (Fsp3) is 0.286. The van der Waals surface area contributed by atoms with Gasteiger partial charge >= 0.3 is 0 Å². The van der Waals surface area contributed by atoms with Crippen molar-refractivity contribution < 1.29 is 9.18 Å². The molecule has 27 heavy (non-hydrogen) atoms. The Morgan fingerprint density at radius 2 is 1.93 bits per heavy atom. The summed E-state index contributed by atoms with van der Waals surface area (Å²) in [6.07, 6.45) is 2.33. The molecule has 0 spiro atoms. The maximum atomic E-state index is 13.1. The van der Waals surface area contributed by atoms with Crippen LogP contribution >= 0.6 is 0 Å². The number of nitrogens with zero attached hydrogens (tertiary/aromatic N) is 3. The number of H-pyrrole nitrogens is 1. The van der Waals surface area contributed by atoms with Gasteiger partial charge in [0.1, 0.15) is 11.6 Å². The number of benzene rings is 2. The van der Waals surface area contributed by atoms with E-state index in [4.69, 9.17) is 0 Å². The highest BCUT2D eigenvalue weighted by Crippen LogP contribution is 2.26. The Bertz CT molecular complexity index is 907. The molecule has 0 radical (unpaired) electrons. The van der Waals surface area contributed by atoms with E-state index in [0.29, 0.717) is 18.8 Å². The number of aromatic amines is 1. The van der Waals surface area contributed by atoms with Gasteiger partial charge in [0.05, 0.1) is 6.42 Å². The number of likely N-dealkylation sites (tertiary alicyclic amines) is 1. The normalized spacial score (nSPS) is 17.1. The smallest absolute Gasteiger partial charge is 0.227 e. The molecule has 1 amide bonds. The van der Waals surface area contributed by atoms with Gasteiger partial charge in [0, 0.05) is 24.6 Å². The second kappa shape index (κ2) is 7.70. The SMILES string of the molecule is O=C(Cc1ccccc1)N1CCCC(c2nc(-c3ccc(F)cc3)n[nH]2)C1. The first kappa shape index (κ1) is 17.4. The van der Waals surface area contributed by atoms with Gasteiger partial charge in [-0.15, -0.1) is 0 Å². The molecule has 2 heterocycles. The van der Waals surface area contributed by atoms with Crippen molar-refractivity contribution in [3.63, 3.8) is 0 Å².